The second kappa shape index (κ2) is 10.6. The van der Waals surface area contributed by atoms with Crippen LogP contribution in [0.5, 0.6) is 0 Å². The molecule has 0 radical (unpaired) electrons. The lowest BCUT2D eigenvalue weighted by Gasteiger charge is -2.34. The Morgan fingerprint density at radius 2 is 2.04 bits per heavy atom. The van der Waals surface area contributed by atoms with E-state index in [4.69, 9.17) is 0 Å². The third-order valence-corrected chi connectivity index (χ3v) is 4.89. The zero-order valence-corrected chi connectivity index (χ0v) is 15.9. The second-order valence-electron chi connectivity index (χ2n) is 6.72. The number of guanidine groups is 1. The molecule has 1 aliphatic rings. The number of piperidine rings is 1. The lowest BCUT2D eigenvalue weighted by Crippen LogP contribution is -2.46. The number of aromatic nitrogens is 1. The van der Waals surface area contributed by atoms with Gasteiger partial charge in [-0.3, -0.25) is 14.6 Å². The Balaban J connectivity index is 1.66. The molecule has 0 aromatic carbocycles. The molecular weight excluding hydrogens is 330 g/mol. The van der Waals surface area contributed by atoms with Gasteiger partial charge in [0.2, 0.25) is 11.5 Å². The monoisotopic (exact) mass is 361 g/mol. The van der Waals surface area contributed by atoms with Gasteiger partial charge in [-0.2, -0.15) is 0 Å². The van der Waals surface area contributed by atoms with E-state index in [-0.39, 0.29) is 11.5 Å². The van der Waals surface area contributed by atoms with Crippen LogP contribution in [0.3, 0.4) is 0 Å². The summed E-state index contributed by atoms with van der Waals surface area (Å²) in [6.45, 7) is 3.44. The van der Waals surface area contributed by atoms with E-state index in [9.17, 15) is 9.59 Å². The number of hydrogen-bond acceptors (Lipinski definition) is 3. The Labute approximate surface area is 155 Å². The molecule has 0 aliphatic carbocycles. The molecule has 2 N–H and O–H groups in total. The summed E-state index contributed by atoms with van der Waals surface area (Å²) < 4.78 is 1.74. The first kappa shape index (κ1) is 20.0. The quantitative estimate of drug-likeness (QED) is 0.432. The highest BCUT2D eigenvalue weighted by Crippen LogP contribution is 2.20. The minimum Gasteiger partial charge on any atom is -0.359 e. The van der Waals surface area contributed by atoms with Crippen molar-refractivity contribution in [3.8, 4) is 0 Å². The highest BCUT2D eigenvalue weighted by molar-refractivity contribution is 5.80. The van der Waals surface area contributed by atoms with Crippen LogP contribution in [0.1, 0.15) is 32.1 Å². The number of hydrogen-bond donors (Lipinski definition) is 2. The number of nitrogens with one attached hydrogen (secondary N) is 2. The van der Waals surface area contributed by atoms with Crippen LogP contribution < -0.4 is 16.2 Å². The van der Waals surface area contributed by atoms with E-state index in [0.29, 0.717) is 12.3 Å². The molecule has 1 amide bonds. The van der Waals surface area contributed by atoms with Crippen molar-refractivity contribution in [2.24, 2.45) is 10.9 Å². The van der Waals surface area contributed by atoms with Crippen molar-refractivity contribution in [3.05, 3.63) is 34.7 Å². The topological polar surface area (TPSA) is 78.7 Å². The number of carbonyl (C=O) groups is 1. The van der Waals surface area contributed by atoms with Crippen LogP contribution in [-0.4, -0.2) is 55.1 Å². The van der Waals surface area contributed by atoms with Gasteiger partial charge in [-0.05, 0) is 37.7 Å². The van der Waals surface area contributed by atoms with Gasteiger partial charge in [0.25, 0.3) is 0 Å². The molecule has 144 valence electrons. The van der Waals surface area contributed by atoms with E-state index in [2.05, 4.69) is 20.5 Å². The van der Waals surface area contributed by atoms with Crippen molar-refractivity contribution >= 4 is 11.9 Å². The normalized spacial score (nSPS) is 15.8. The molecule has 1 aliphatic heterocycles. The van der Waals surface area contributed by atoms with Crippen molar-refractivity contribution in [3.63, 3.8) is 0 Å². The Kier molecular flexibility index (Phi) is 8.18. The van der Waals surface area contributed by atoms with Crippen LogP contribution >= 0.6 is 0 Å². The smallest absolute Gasteiger partial charge is 0.250 e. The molecule has 1 fully saturated rings. The molecule has 0 bridgehead atoms. The Bertz CT molecular complexity index is 647. The second-order valence-corrected chi connectivity index (χ2v) is 6.72. The van der Waals surface area contributed by atoms with Gasteiger partial charge in [0.05, 0.1) is 0 Å². The number of aryl methyl sites for hydroxylation is 1. The van der Waals surface area contributed by atoms with Crippen LogP contribution in [0.2, 0.25) is 0 Å². The summed E-state index contributed by atoms with van der Waals surface area (Å²) in [4.78, 5) is 29.8. The molecule has 0 unspecified atom stereocenters. The fraction of sp³-hybridized carbons (Fsp3) is 0.632. The number of unbranched alkanes of at least 4 members (excludes halogenated alkanes) is 1. The van der Waals surface area contributed by atoms with Crippen molar-refractivity contribution in [2.45, 2.75) is 38.6 Å². The molecule has 0 saturated carbocycles. The van der Waals surface area contributed by atoms with Crippen LogP contribution in [0.4, 0.5) is 0 Å². The summed E-state index contributed by atoms with van der Waals surface area (Å²) in [5.74, 6) is 1.53. The highest BCUT2D eigenvalue weighted by Gasteiger charge is 2.22. The molecule has 1 saturated heterocycles. The average molecular weight is 361 g/mol. The van der Waals surface area contributed by atoms with Gasteiger partial charge >= 0.3 is 0 Å². The van der Waals surface area contributed by atoms with Gasteiger partial charge in [0.15, 0.2) is 5.96 Å². The number of likely N-dealkylation sites (tertiary alicyclic amines) is 1. The van der Waals surface area contributed by atoms with Gasteiger partial charge < -0.3 is 20.1 Å². The molecule has 0 spiro atoms. The first-order valence-electron chi connectivity index (χ1n) is 9.45. The van der Waals surface area contributed by atoms with Gasteiger partial charge in [-0.25, -0.2) is 0 Å². The van der Waals surface area contributed by atoms with E-state index in [1.807, 2.05) is 19.3 Å². The zero-order chi connectivity index (χ0) is 18.8. The molecule has 0 atom stereocenters. The SMILES string of the molecule is CN=C(NCCCCn1ccccc1=O)N1CCC(CC(=O)NC)CC1. The standard InChI is InChI=1S/C19H31N5O2/c1-20-17(25)15-16-8-13-24(14-9-16)19(21-2)22-10-4-6-12-23-11-5-3-7-18(23)26/h3,5,7,11,16H,4,6,8-10,12-15H2,1-2H3,(H,20,25)(H,21,22). The van der Waals surface area contributed by atoms with E-state index < -0.39 is 0 Å². The summed E-state index contributed by atoms with van der Waals surface area (Å²) in [7, 11) is 3.50. The van der Waals surface area contributed by atoms with Crippen LogP contribution in [-0.2, 0) is 11.3 Å². The van der Waals surface area contributed by atoms with E-state index in [1.54, 1.807) is 23.7 Å². The average Bonchev–Trinajstić information content (AvgIpc) is 2.67. The van der Waals surface area contributed by atoms with Gasteiger partial charge in [0.1, 0.15) is 0 Å². The molecule has 26 heavy (non-hydrogen) atoms. The number of nitrogens with zero attached hydrogens (tertiary/aromatic N) is 3. The van der Waals surface area contributed by atoms with Crippen LogP contribution in [0, 0.1) is 5.92 Å². The number of carbonyl (C=O) groups excluding carboxylic acids is 1. The maximum Gasteiger partial charge on any atom is 0.250 e. The number of amides is 1. The molecule has 7 nitrogen and oxygen atoms in total. The van der Waals surface area contributed by atoms with Crippen molar-refractivity contribution in [1.29, 1.82) is 0 Å². The minimum absolute atomic E-state index is 0.0518. The Morgan fingerprint density at radius 3 is 2.69 bits per heavy atom. The largest absolute Gasteiger partial charge is 0.359 e. The summed E-state index contributed by atoms with van der Waals surface area (Å²) in [6, 6.07) is 5.24. The third kappa shape index (κ3) is 6.20. The summed E-state index contributed by atoms with van der Waals surface area (Å²) >= 11 is 0. The van der Waals surface area contributed by atoms with Gasteiger partial charge in [-0.15, -0.1) is 0 Å². The van der Waals surface area contributed by atoms with Crippen molar-refractivity contribution in [2.75, 3.05) is 33.7 Å². The van der Waals surface area contributed by atoms with E-state index >= 15 is 0 Å². The summed E-state index contributed by atoms with van der Waals surface area (Å²) in [5, 5.41) is 6.12. The summed E-state index contributed by atoms with van der Waals surface area (Å²) in [5.41, 5.74) is 0.0518. The minimum atomic E-state index is 0.0518. The number of pyridine rings is 1. The third-order valence-electron chi connectivity index (χ3n) is 4.89. The summed E-state index contributed by atoms with van der Waals surface area (Å²) in [6.07, 6.45) is 6.42. The fourth-order valence-electron chi connectivity index (χ4n) is 3.30. The maximum atomic E-state index is 11.7. The van der Waals surface area contributed by atoms with Gasteiger partial charge in [0, 0.05) is 59.0 Å². The predicted octanol–water partition coefficient (Wildman–Crippen LogP) is 1.05. The zero-order valence-electron chi connectivity index (χ0n) is 15.9. The first-order valence-corrected chi connectivity index (χ1v) is 9.45. The predicted molar refractivity (Wildman–Crippen MR) is 104 cm³/mol. The lowest BCUT2D eigenvalue weighted by atomic mass is 9.93. The molecular formula is C19H31N5O2. The molecule has 2 rings (SSSR count). The van der Waals surface area contributed by atoms with Crippen molar-refractivity contribution < 1.29 is 4.79 Å². The number of rotatable bonds is 7. The molecule has 2 heterocycles. The van der Waals surface area contributed by atoms with Crippen LogP contribution in [0.25, 0.3) is 0 Å². The molecule has 1 aromatic heterocycles. The van der Waals surface area contributed by atoms with Crippen LogP contribution in [0.15, 0.2) is 34.2 Å². The highest BCUT2D eigenvalue weighted by atomic mass is 16.1. The lowest BCUT2D eigenvalue weighted by molar-refractivity contribution is -0.121. The Morgan fingerprint density at radius 1 is 1.27 bits per heavy atom. The van der Waals surface area contributed by atoms with E-state index in [1.165, 1.54) is 0 Å². The Hall–Kier alpha value is -2.31. The molecule has 1 aromatic rings. The number of aliphatic imine (C=N–C) groups is 1. The van der Waals surface area contributed by atoms with E-state index in [0.717, 1.165) is 57.8 Å². The fourth-order valence-corrected chi connectivity index (χ4v) is 3.30. The molecule has 7 heteroatoms. The van der Waals surface area contributed by atoms with Crippen molar-refractivity contribution in [1.82, 2.24) is 20.1 Å². The first-order chi connectivity index (χ1) is 12.6. The maximum absolute atomic E-state index is 11.7. The van der Waals surface area contributed by atoms with Gasteiger partial charge in [-0.1, -0.05) is 6.07 Å².